The first-order chi connectivity index (χ1) is 12.3. The van der Waals surface area contributed by atoms with E-state index in [2.05, 4.69) is 27.0 Å². The summed E-state index contributed by atoms with van der Waals surface area (Å²) in [6.45, 7) is 10.5. The standard InChI is InChI=1S/C19H36N4O2.HI/c1-3-8-22-9-6-16(7-10-22)14-21-19(20-2)23-11-13-25-18(15-23)17-5-4-12-24-17;/h16-18H,3-15H2,1-2H3,(H,20,21);1H. The fourth-order valence-electron chi connectivity index (χ4n) is 4.29. The Morgan fingerprint density at radius 3 is 2.50 bits per heavy atom. The molecule has 0 spiro atoms. The van der Waals surface area contributed by atoms with Gasteiger partial charge >= 0.3 is 0 Å². The highest BCUT2D eigenvalue weighted by atomic mass is 127. The van der Waals surface area contributed by atoms with E-state index in [9.17, 15) is 0 Å². The van der Waals surface area contributed by atoms with Crippen LogP contribution in [0.1, 0.15) is 39.0 Å². The van der Waals surface area contributed by atoms with Crippen molar-refractivity contribution in [1.82, 2.24) is 15.1 Å². The van der Waals surface area contributed by atoms with E-state index in [1.165, 1.54) is 38.9 Å². The lowest BCUT2D eigenvalue weighted by atomic mass is 9.97. The lowest BCUT2D eigenvalue weighted by molar-refractivity contribution is -0.0817. The van der Waals surface area contributed by atoms with Crippen molar-refractivity contribution in [2.45, 2.75) is 51.2 Å². The number of hydrogen-bond donors (Lipinski definition) is 1. The molecule has 2 atom stereocenters. The molecule has 0 saturated carbocycles. The second kappa shape index (κ2) is 11.7. The van der Waals surface area contributed by atoms with Crippen LogP contribution in [0.5, 0.6) is 0 Å². The summed E-state index contributed by atoms with van der Waals surface area (Å²) in [6, 6.07) is 0. The van der Waals surface area contributed by atoms with Gasteiger partial charge in [-0.1, -0.05) is 6.92 Å². The summed E-state index contributed by atoms with van der Waals surface area (Å²) in [7, 11) is 1.89. The summed E-state index contributed by atoms with van der Waals surface area (Å²) < 4.78 is 11.8. The number of nitrogens with one attached hydrogen (secondary N) is 1. The van der Waals surface area contributed by atoms with E-state index in [0.29, 0.717) is 0 Å². The molecule has 0 bridgehead atoms. The zero-order chi connectivity index (χ0) is 17.5. The minimum Gasteiger partial charge on any atom is -0.375 e. The summed E-state index contributed by atoms with van der Waals surface area (Å²) in [5.41, 5.74) is 0. The third-order valence-electron chi connectivity index (χ3n) is 5.78. The molecule has 3 rings (SSSR count). The summed E-state index contributed by atoms with van der Waals surface area (Å²) in [6.07, 6.45) is 6.60. The van der Waals surface area contributed by atoms with Crippen LogP contribution in [0.15, 0.2) is 4.99 Å². The van der Waals surface area contributed by atoms with Crippen LogP contribution in [0.4, 0.5) is 0 Å². The van der Waals surface area contributed by atoms with Crippen molar-refractivity contribution < 1.29 is 9.47 Å². The lowest BCUT2D eigenvalue weighted by Crippen LogP contribution is -2.54. The van der Waals surface area contributed by atoms with Crippen LogP contribution in [0.2, 0.25) is 0 Å². The largest absolute Gasteiger partial charge is 0.375 e. The monoisotopic (exact) mass is 480 g/mol. The summed E-state index contributed by atoms with van der Waals surface area (Å²) >= 11 is 0. The normalized spacial score (nSPS) is 28.8. The number of halogens is 1. The van der Waals surface area contributed by atoms with E-state index in [-0.39, 0.29) is 36.2 Å². The number of aliphatic imine (C=N–C) groups is 1. The van der Waals surface area contributed by atoms with Gasteiger partial charge in [-0.2, -0.15) is 0 Å². The maximum absolute atomic E-state index is 5.96. The number of nitrogens with zero attached hydrogens (tertiary/aromatic N) is 3. The molecule has 2 unspecified atom stereocenters. The molecule has 7 heteroatoms. The minimum atomic E-state index is 0. The summed E-state index contributed by atoms with van der Waals surface area (Å²) in [4.78, 5) is 9.47. The highest BCUT2D eigenvalue weighted by Crippen LogP contribution is 2.21. The Bertz CT molecular complexity index is 424. The molecule has 3 saturated heterocycles. The molecule has 0 radical (unpaired) electrons. The van der Waals surface area contributed by atoms with Gasteiger partial charge in [0.2, 0.25) is 0 Å². The van der Waals surface area contributed by atoms with Gasteiger partial charge in [-0.05, 0) is 57.7 Å². The average Bonchev–Trinajstić information content (AvgIpc) is 3.19. The van der Waals surface area contributed by atoms with Crippen molar-refractivity contribution in [3.05, 3.63) is 0 Å². The molecule has 3 heterocycles. The first kappa shape index (κ1) is 22.2. The molecule has 152 valence electrons. The van der Waals surface area contributed by atoms with E-state index >= 15 is 0 Å². The maximum atomic E-state index is 5.96. The molecule has 0 aromatic heterocycles. The second-order valence-corrected chi connectivity index (χ2v) is 7.62. The van der Waals surface area contributed by atoms with Crippen molar-refractivity contribution in [3.63, 3.8) is 0 Å². The van der Waals surface area contributed by atoms with Crippen LogP contribution < -0.4 is 5.32 Å². The minimum absolute atomic E-state index is 0. The molecule has 3 aliphatic heterocycles. The summed E-state index contributed by atoms with van der Waals surface area (Å²) in [5.74, 6) is 1.79. The first-order valence-corrected chi connectivity index (χ1v) is 10.2. The zero-order valence-electron chi connectivity index (χ0n) is 16.5. The highest BCUT2D eigenvalue weighted by Gasteiger charge is 2.32. The molecule has 0 aromatic rings. The van der Waals surface area contributed by atoms with Gasteiger partial charge in [-0.15, -0.1) is 24.0 Å². The molecule has 3 aliphatic rings. The quantitative estimate of drug-likeness (QED) is 0.372. The molecule has 0 aliphatic carbocycles. The molecule has 26 heavy (non-hydrogen) atoms. The van der Waals surface area contributed by atoms with Crippen LogP contribution in [0.25, 0.3) is 0 Å². The van der Waals surface area contributed by atoms with Gasteiger partial charge in [0, 0.05) is 33.3 Å². The number of hydrogen-bond acceptors (Lipinski definition) is 4. The van der Waals surface area contributed by atoms with Gasteiger partial charge in [0.1, 0.15) is 6.10 Å². The Morgan fingerprint density at radius 2 is 1.85 bits per heavy atom. The predicted octanol–water partition coefficient (Wildman–Crippen LogP) is 2.18. The van der Waals surface area contributed by atoms with Gasteiger partial charge < -0.3 is 24.6 Å². The average molecular weight is 480 g/mol. The number of guanidine groups is 1. The van der Waals surface area contributed by atoms with E-state index in [1.807, 2.05) is 7.05 Å². The van der Waals surface area contributed by atoms with E-state index in [4.69, 9.17) is 9.47 Å². The van der Waals surface area contributed by atoms with Gasteiger partial charge in [0.25, 0.3) is 0 Å². The first-order valence-electron chi connectivity index (χ1n) is 10.2. The summed E-state index contributed by atoms with van der Waals surface area (Å²) in [5, 5.41) is 3.63. The van der Waals surface area contributed by atoms with Crippen LogP contribution in [0, 0.1) is 5.92 Å². The SMILES string of the molecule is CCCN1CCC(CNC(=NC)N2CCOC(C3CCCO3)C2)CC1.I. The molecule has 0 aromatic carbocycles. The van der Waals surface area contributed by atoms with E-state index in [1.54, 1.807) is 0 Å². The maximum Gasteiger partial charge on any atom is 0.193 e. The number of morpholine rings is 1. The predicted molar refractivity (Wildman–Crippen MR) is 117 cm³/mol. The lowest BCUT2D eigenvalue weighted by Gasteiger charge is -2.38. The van der Waals surface area contributed by atoms with Crippen LogP contribution in [0.3, 0.4) is 0 Å². The van der Waals surface area contributed by atoms with Crippen LogP contribution in [-0.2, 0) is 9.47 Å². The smallest absolute Gasteiger partial charge is 0.193 e. The third kappa shape index (κ3) is 6.21. The Kier molecular flexibility index (Phi) is 9.94. The Morgan fingerprint density at radius 1 is 1.08 bits per heavy atom. The topological polar surface area (TPSA) is 49.3 Å². The Balaban J connectivity index is 0.00000243. The van der Waals surface area contributed by atoms with E-state index < -0.39 is 0 Å². The fourth-order valence-corrected chi connectivity index (χ4v) is 4.29. The zero-order valence-corrected chi connectivity index (χ0v) is 18.8. The molecule has 6 nitrogen and oxygen atoms in total. The molecule has 1 N–H and O–H groups in total. The van der Waals surface area contributed by atoms with Crippen molar-refractivity contribution in [3.8, 4) is 0 Å². The Labute approximate surface area is 176 Å². The number of ether oxygens (including phenoxy) is 2. The number of likely N-dealkylation sites (tertiary alicyclic amines) is 1. The van der Waals surface area contributed by atoms with Crippen molar-refractivity contribution in [1.29, 1.82) is 0 Å². The molecular formula is C19H37IN4O2. The van der Waals surface area contributed by atoms with Crippen molar-refractivity contribution in [2.24, 2.45) is 10.9 Å². The molecule has 0 amide bonds. The Hall–Kier alpha value is -0.120. The van der Waals surface area contributed by atoms with Gasteiger partial charge in [0.15, 0.2) is 5.96 Å². The van der Waals surface area contributed by atoms with Crippen LogP contribution >= 0.6 is 24.0 Å². The number of rotatable bonds is 5. The van der Waals surface area contributed by atoms with Gasteiger partial charge in [-0.3, -0.25) is 4.99 Å². The molecular weight excluding hydrogens is 443 g/mol. The van der Waals surface area contributed by atoms with Gasteiger partial charge in [-0.25, -0.2) is 0 Å². The van der Waals surface area contributed by atoms with E-state index in [0.717, 1.165) is 57.6 Å². The van der Waals surface area contributed by atoms with Crippen molar-refractivity contribution in [2.75, 3.05) is 59.5 Å². The van der Waals surface area contributed by atoms with Gasteiger partial charge in [0.05, 0.1) is 12.7 Å². The fraction of sp³-hybridized carbons (Fsp3) is 0.947. The number of piperidine rings is 1. The third-order valence-corrected chi connectivity index (χ3v) is 5.78. The van der Waals surface area contributed by atoms with Crippen LogP contribution in [-0.4, -0.2) is 87.5 Å². The molecule has 3 fully saturated rings. The second-order valence-electron chi connectivity index (χ2n) is 7.62. The highest BCUT2D eigenvalue weighted by molar-refractivity contribution is 14.0. The van der Waals surface area contributed by atoms with Crippen molar-refractivity contribution >= 4 is 29.9 Å².